The quantitative estimate of drug-likeness (QED) is 0.511. The predicted octanol–water partition coefficient (Wildman–Crippen LogP) is 2.15. The molecule has 0 aliphatic carbocycles. The van der Waals surface area contributed by atoms with Gasteiger partial charge in [0, 0.05) is 0 Å². The van der Waals surface area contributed by atoms with Gasteiger partial charge in [0.25, 0.3) is 0 Å². The second-order valence-electron chi connectivity index (χ2n) is 7.17. The van der Waals surface area contributed by atoms with Gasteiger partial charge in [-0.1, -0.05) is 0 Å². The van der Waals surface area contributed by atoms with Crippen molar-refractivity contribution in [2.75, 3.05) is 32.2 Å². The summed E-state index contributed by atoms with van der Waals surface area (Å²) in [6.07, 6.45) is 5.95. The zero-order chi connectivity index (χ0) is 21.6. The van der Waals surface area contributed by atoms with Crippen LogP contribution in [0.2, 0.25) is 0 Å². The number of nitrogens with one attached hydrogen (secondary N) is 1. The number of pyridine rings is 2. The minimum atomic E-state index is -2.92. The first-order valence-electron chi connectivity index (χ1n) is 10.1. The Hall–Kier alpha value is -2.75. The zero-order valence-electron chi connectivity index (χ0n) is 17.2. The number of aromatic nitrogens is 2. The Labute approximate surface area is 188 Å². The zero-order valence-corrected chi connectivity index (χ0v) is 20.4. The molecule has 2 aromatic heterocycles. The van der Waals surface area contributed by atoms with Crippen LogP contribution in [0.25, 0.3) is 0 Å². The number of aliphatic carboxylic acids is 1. The Balaban J connectivity index is 1.41. The van der Waals surface area contributed by atoms with Gasteiger partial charge in [0.2, 0.25) is 0 Å². The molecule has 160 valence electrons. The third-order valence-electron chi connectivity index (χ3n) is 5.14. The molecule has 0 unspecified atom stereocenters. The average Bonchev–Trinajstić information content (AvgIpc) is 3.25. The summed E-state index contributed by atoms with van der Waals surface area (Å²) in [6.45, 7) is 1.84. The van der Waals surface area contributed by atoms with Crippen molar-refractivity contribution in [2.45, 2.75) is 16.5 Å². The van der Waals surface area contributed by atoms with Crippen LogP contribution in [-0.2, 0) is 16.0 Å². The van der Waals surface area contributed by atoms with E-state index in [2.05, 4.69) is 18.3 Å². The number of hydrogen-bond acceptors (Lipinski definition) is 8. The number of hydrogen-bond donors (Lipinski definition) is 2. The molecular formula is C21H23InN4O5. The Morgan fingerprint density at radius 2 is 2.26 bits per heavy atom. The van der Waals surface area contributed by atoms with E-state index in [1.165, 1.54) is 0 Å². The molecule has 9 nitrogen and oxygen atoms in total. The van der Waals surface area contributed by atoms with Gasteiger partial charge in [-0.15, -0.1) is 0 Å². The molecule has 0 spiro atoms. The van der Waals surface area contributed by atoms with Crippen LogP contribution in [-0.4, -0.2) is 75.9 Å². The number of allylic oxidation sites excluding steroid dienone is 1. The molecule has 2 aliphatic heterocycles. The van der Waals surface area contributed by atoms with E-state index in [1.807, 2.05) is 24.3 Å². The maximum absolute atomic E-state index is 11.5. The van der Waals surface area contributed by atoms with E-state index >= 15 is 0 Å². The fourth-order valence-electron chi connectivity index (χ4n) is 3.62. The molecule has 0 fully saturated rings. The average molecular weight is 526 g/mol. The van der Waals surface area contributed by atoms with Crippen molar-refractivity contribution in [3.8, 4) is 11.6 Å². The number of fused-ring (bicyclic) bond motifs is 1. The number of anilines is 1. The van der Waals surface area contributed by atoms with Crippen LogP contribution in [0.5, 0.6) is 11.6 Å². The molecule has 1 atom stereocenters. The number of carbonyl (C=O) groups is 1. The first-order chi connectivity index (χ1) is 15.1. The van der Waals surface area contributed by atoms with Crippen LogP contribution >= 0.6 is 0 Å². The fraction of sp³-hybridized carbons (Fsp3) is 0.333. The van der Waals surface area contributed by atoms with Crippen LogP contribution in [0.15, 0.2) is 43.0 Å². The second kappa shape index (κ2) is 10.0. The molecule has 0 aromatic carbocycles. The van der Waals surface area contributed by atoms with Crippen LogP contribution in [0.3, 0.4) is 0 Å². The van der Waals surface area contributed by atoms with E-state index in [4.69, 9.17) is 14.2 Å². The fourth-order valence-corrected chi connectivity index (χ4v) is 11.0. The van der Waals surface area contributed by atoms with Crippen molar-refractivity contribution in [2.24, 2.45) is 2.98 Å². The Morgan fingerprint density at radius 1 is 1.35 bits per heavy atom. The van der Waals surface area contributed by atoms with E-state index in [-0.39, 0.29) is 10.1 Å². The Kier molecular flexibility index (Phi) is 6.96. The summed E-state index contributed by atoms with van der Waals surface area (Å²) in [5.74, 6) is 1.17. The topological polar surface area (TPSA) is 115 Å². The number of methoxy groups -OCH3 is 1. The number of nitrogens with zero attached hydrogens (tertiary/aromatic N) is 3. The van der Waals surface area contributed by atoms with Gasteiger partial charge in [0.05, 0.1) is 0 Å². The van der Waals surface area contributed by atoms with Gasteiger partial charge < -0.3 is 0 Å². The molecule has 2 N–H and O–H groups in total. The van der Waals surface area contributed by atoms with E-state index in [9.17, 15) is 9.90 Å². The monoisotopic (exact) mass is 526 g/mol. The SMILES string of the molecule is COc1ccc([C@H](CC(=O)O)[In]2[N]=CC=[C]2OCCc2ccc3c(n2)NCCO3)cn1. The van der Waals surface area contributed by atoms with Crippen molar-refractivity contribution in [3.63, 3.8) is 0 Å². The van der Waals surface area contributed by atoms with Gasteiger partial charge in [-0.3, -0.25) is 0 Å². The first kappa shape index (κ1) is 21.5. The third kappa shape index (κ3) is 5.30. The third-order valence-corrected chi connectivity index (χ3v) is 13.2. The van der Waals surface area contributed by atoms with Crippen molar-refractivity contribution in [1.29, 1.82) is 0 Å². The summed E-state index contributed by atoms with van der Waals surface area (Å²) in [5, 5.41) is 12.7. The van der Waals surface area contributed by atoms with Crippen molar-refractivity contribution in [1.82, 2.24) is 9.97 Å². The number of carboxylic acids is 1. The van der Waals surface area contributed by atoms with Gasteiger partial charge in [-0.25, -0.2) is 0 Å². The number of ether oxygens (including phenoxy) is 3. The molecule has 0 saturated heterocycles. The van der Waals surface area contributed by atoms with E-state index in [1.54, 1.807) is 25.6 Å². The minimum absolute atomic E-state index is 0.00480. The second-order valence-corrected chi connectivity index (χ2v) is 14.5. The summed E-state index contributed by atoms with van der Waals surface area (Å²) >= 11 is -2.92. The summed E-state index contributed by atoms with van der Waals surface area (Å²) in [6, 6.07) is 7.47. The number of rotatable bonds is 9. The van der Waals surface area contributed by atoms with Gasteiger partial charge in [0.1, 0.15) is 0 Å². The molecule has 0 saturated carbocycles. The van der Waals surface area contributed by atoms with Gasteiger partial charge in [-0.2, -0.15) is 0 Å². The van der Waals surface area contributed by atoms with Gasteiger partial charge >= 0.3 is 188 Å². The predicted molar refractivity (Wildman–Crippen MR) is 116 cm³/mol. The summed E-state index contributed by atoms with van der Waals surface area (Å²) < 4.78 is 22.1. The van der Waals surface area contributed by atoms with Crippen molar-refractivity contribution in [3.05, 3.63) is 51.3 Å². The first-order valence-corrected chi connectivity index (χ1v) is 15.1. The Bertz CT molecular complexity index is 996. The summed E-state index contributed by atoms with van der Waals surface area (Å²) in [5.41, 5.74) is 1.77. The summed E-state index contributed by atoms with van der Waals surface area (Å²) in [4.78, 5) is 20.4. The van der Waals surface area contributed by atoms with Crippen LogP contribution < -0.4 is 14.8 Å². The molecule has 31 heavy (non-hydrogen) atoms. The maximum atomic E-state index is 11.5. The van der Waals surface area contributed by atoms with Crippen molar-refractivity contribution < 1.29 is 24.1 Å². The molecule has 2 aliphatic rings. The van der Waals surface area contributed by atoms with Crippen LogP contribution in [0.1, 0.15) is 21.4 Å². The Morgan fingerprint density at radius 3 is 3.03 bits per heavy atom. The molecule has 10 heteroatoms. The van der Waals surface area contributed by atoms with Crippen LogP contribution in [0, 0.1) is 0 Å². The summed E-state index contributed by atoms with van der Waals surface area (Å²) in [7, 11) is 1.55. The van der Waals surface area contributed by atoms with Crippen LogP contribution in [0.4, 0.5) is 5.82 Å². The van der Waals surface area contributed by atoms with Gasteiger partial charge in [-0.05, 0) is 0 Å². The molecule has 0 bridgehead atoms. The molecule has 2 aromatic rings. The van der Waals surface area contributed by atoms with E-state index < -0.39 is 27.7 Å². The molecular weight excluding hydrogens is 503 g/mol. The normalized spacial score (nSPS) is 15.4. The van der Waals surface area contributed by atoms with E-state index in [0.29, 0.717) is 25.5 Å². The molecule has 4 rings (SSSR count). The van der Waals surface area contributed by atoms with Crippen molar-refractivity contribution >= 4 is 39.7 Å². The molecule has 4 heterocycles. The molecule has 0 radical (unpaired) electrons. The van der Waals surface area contributed by atoms with E-state index in [0.717, 1.165) is 32.9 Å². The molecule has 0 amide bonds. The number of carboxylic acid groups (broad SMARTS) is 1. The standard InChI is InChI=1S/C12H13N3O2.C9H10NO3.In/c13-5-1-7-16-8-4-10-2-3-11-12(15-10)14-6-9-17-11;1-13-8-4-2-7(6-10-8)3-5-9(11)12;/h1-3,5H,4,6,8-9H2,(H,14,15);2-4,6H,5H2,1H3,(H,11,12);/q-1;;+1. The van der Waals surface area contributed by atoms with Gasteiger partial charge in [0.15, 0.2) is 0 Å².